The van der Waals surface area contributed by atoms with E-state index < -0.39 is 0 Å². The average molecular weight is 143 g/mol. The molecule has 2 heteroatoms. The Kier molecular flexibility index (Phi) is 3.76. The van der Waals surface area contributed by atoms with Gasteiger partial charge in [-0.05, 0) is 12.3 Å². The van der Waals surface area contributed by atoms with Gasteiger partial charge in [-0.2, -0.15) is 0 Å². The summed E-state index contributed by atoms with van der Waals surface area (Å²) in [5, 5.41) is 0. The Morgan fingerprint density at radius 3 is 2.60 bits per heavy atom. The molecule has 1 aliphatic carbocycles. The van der Waals surface area contributed by atoms with E-state index in [0.29, 0.717) is 0 Å². The van der Waals surface area contributed by atoms with Gasteiger partial charge < -0.3 is 4.84 Å². The first-order valence-electron chi connectivity index (χ1n) is 4.25. The van der Waals surface area contributed by atoms with Gasteiger partial charge in [-0.15, -0.1) is 0 Å². The lowest BCUT2D eigenvalue weighted by Gasteiger charge is -1.97. The Balaban J connectivity index is 1.68. The van der Waals surface area contributed by atoms with Gasteiger partial charge in [0.05, 0.1) is 6.61 Å². The molecule has 0 spiro atoms. The average Bonchev–Trinajstić information content (AvgIpc) is 2.71. The molecule has 10 heavy (non-hydrogen) atoms. The van der Waals surface area contributed by atoms with Crippen LogP contribution in [-0.4, -0.2) is 6.61 Å². The van der Waals surface area contributed by atoms with Crippen LogP contribution < -0.4 is 5.90 Å². The summed E-state index contributed by atoms with van der Waals surface area (Å²) in [5.41, 5.74) is 0. The van der Waals surface area contributed by atoms with Gasteiger partial charge in [0.1, 0.15) is 0 Å². The second-order valence-corrected chi connectivity index (χ2v) is 3.16. The zero-order valence-electron chi connectivity index (χ0n) is 6.51. The van der Waals surface area contributed by atoms with Crippen molar-refractivity contribution in [3.63, 3.8) is 0 Å². The van der Waals surface area contributed by atoms with E-state index in [-0.39, 0.29) is 0 Å². The van der Waals surface area contributed by atoms with Crippen LogP contribution in [0.15, 0.2) is 0 Å². The fraction of sp³-hybridized carbons (Fsp3) is 1.00. The standard InChI is InChI=1S/C8H17NO/c9-10-7-3-1-2-4-8-5-6-8/h8H,1-7,9H2. The third kappa shape index (κ3) is 3.85. The van der Waals surface area contributed by atoms with Crippen LogP contribution in [0.1, 0.15) is 38.5 Å². The van der Waals surface area contributed by atoms with Crippen LogP contribution >= 0.6 is 0 Å². The lowest BCUT2D eigenvalue weighted by atomic mass is 10.1. The molecule has 1 aliphatic rings. The maximum absolute atomic E-state index is 4.88. The number of nitrogens with two attached hydrogens (primary N) is 1. The summed E-state index contributed by atoms with van der Waals surface area (Å²) in [6.07, 6.45) is 8.18. The molecule has 0 saturated heterocycles. The van der Waals surface area contributed by atoms with Crippen molar-refractivity contribution in [3.8, 4) is 0 Å². The number of unbranched alkanes of at least 4 members (excludes halogenated alkanes) is 2. The molecule has 0 aliphatic heterocycles. The molecule has 0 aromatic heterocycles. The van der Waals surface area contributed by atoms with Crippen LogP contribution in [0.2, 0.25) is 0 Å². The van der Waals surface area contributed by atoms with E-state index in [2.05, 4.69) is 4.84 Å². The Bertz CT molecular complexity index is 81.3. The van der Waals surface area contributed by atoms with E-state index in [1.165, 1.54) is 32.1 Å². The van der Waals surface area contributed by atoms with E-state index in [1.54, 1.807) is 0 Å². The van der Waals surface area contributed by atoms with Gasteiger partial charge in [-0.3, -0.25) is 0 Å². The highest BCUT2D eigenvalue weighted by atomic mass is 16.6. The molecule has 0 aromatic carbocycles. The van der Waals surface area contributed by atoms with Gasteiger partial charge in [0.2, 0.25) is 0 Å². The van der Waals surface area contributed by atoms with Gasteiger partial charge >= 0.3 is 0 Å². The van der Waals surface area contributed by atoms with Gasteiger partial charge in [0.15, 0.2) is 0 Å². The monoisotopic (exact) mass is 143 g/mol. The Labute approximate surface area is 62.7 Å². The zero-order chi connectivity index (χ0) is 7.23. The second-order valence-electron chi connectivity index (χ2n) is 3.16. The molecule has 60 valence electrons. The normalized spacial score (nSPS) is 17.7. The molecule has 0 atom stereocenters. The molecule has 0 heterocycles. The van der Waals surface area contributed by atoms with Crippen LogP contribution in [-0.2, 0) is 4.84 Å². The van der Waals surface area contributed by atoms with Crippen LogP contribution in [0.5, 0.6) is 0 Å². The fourth-order valence-electron chi connectivity index (χ4n) is 1.20. The number of hydrogen-bond donors (Lipinski definition) is 1. The summed E-state index contributed by atoms with van der Waals surface area (Å²) in [4.78, 5) is 4.46. The third-order valence-electron chi connectivity index (χ3n) is 2.07. The van der Waals surface area contributed by atoms with Crippen molar-refractivity contribution in [3.05, 3.63) is 0 Å². The SMILES string of the molecule is NOCCCCCC1CC1. The molecule has 1 rings (SSSR count). The van der Waals surface area contributed by atoms with E-state index >= 15 is 0 Å². The number of rotatable bonds is 6. The molecule has 0 amide bonds. The Morgan fingerprint density at radius 1 is 1.20 bits per heavy atom. The molecule has 1 saturated carbocycles. The highest BCUT2D eigenvalue weighted by molar-refractivity contribution is 4.72. The van der Waals surface area contributed by atoms with Gasteiger partial charge in [-0.1, -0.05) is 32.1 Å². The molecular weight excluding hydrogens is 126 g/mol. The lowest BCUT2D eigenvalue weighted by molar-refractivity contribution is 0.133. The van der Waals surface area contributed by atoms with E-state index in [0.717, 1.165) is 18.9 Å². The summed E-state index contributed by atoms with van der Waals surface area (Å²) in [6.45, 7) is 0.727. The van der Waals surface area contributed by atoms with Gasteiger partial charge in [-0.25, -0.2) is 5.90 Å². The largest absolute Gasteiger partial charge is 0.305 e. The predicted octanol–water partition coefficient (Wildman–Crippen LogP) is 1.85. The second kappa shape index (κ2) is 4.69. The van der Waals surface area contributed by atoms with E-state index in [4.69, 9.17) is 5.90 Å². The summed E-state index contributed by atoms with van der Waals surface area (Å²) in [5.74, 6) is 5.97. The lowest BCUT2D eigenvalue weighted by Crippen LogP contribution is -2.00. The molecule has 0 radical (unpaired) electrons. The molecular formula is C8H17NO. The minimum Gasteiger partial charge on any atom is -0.305 e. The smallest absolute Gasteiger partial charge is 0.0679 e. The fourth-order valence-corrected chi connectivity index (χ4v) is 1.20. The van der Waals surface area contributed by atoms with Crippen molar-refractivity contribution in [2.75, 3.05) is 6.61 Å². The van der Waals surface area contributed by atoms with Crippen molar-refractivity contribution < 1.29 is 4.84 Å². The van der Waals surface area contributed by atoms with Gasteiger partial charge in [0.25, 0.3) is 0 Å². The minimum atomic E-state index is 0.727. The predicted molar refractivity (Wildman–Crippen MR) is 41.3 cm³/mol. The maximum Gasteiger partial charge on any atom is 0.0679 e. The van der Waals surface area contributed by atoms with Crippen molar-refractivity contribution in [2.45, 2.75) is 38.5 Å². The summed E-state index contributed by atoms with van der Waals surface area (Å²) >= 11 is 0. The first-order valence-corrected chi connectivity index (χ1v) is 4.25. The van der Waals surface area contributed by atoms with Crippen LogP contribution in [0.4, 0.5) is 0 Å². The summed E-state index contributed by atoms with van der Waals surface area (Å²) in [7, 11) is 0. The van der Waals surface area contributed by atoms with Crippen molar-refractivity contribution >= 4 is 0 Å². The zero-order valence-corrected chi connectivity index (χ0v) is 6.51. The molecule has 0 unspecified atom stereocenters. The highest BCUT2D eigenvalue weighted by Gasteiger charge is 2.19. The molecule has 2 nitrogen and oxygen atoms in total. The number of hydrogen-bond acceptors (Lipinski definition) is 2. The first-order chi connectivity index (χ1) is 4.93. The van der Waals surface area contributed by atoms with E-state index in [1.807, 2.05) is 0 Å². The van der Waals surface area contributed by atoms with Crippen molar-refractivity contribution in [1.29, 1.82) is 0 Å². The van der Waals surface area contributed by atoms with Crippen LogP contribution in [0, 0.1) is 5.92 Å². The maximum atomic E-state index is 4.88. The quantitative estimate of drug-likeness (QED) is 0.455. The summed E-state index contributed by atoms with van der Waals surface area (Å²) < 4.78 is 0. The van der Waals surface area contributed by atoms with Crippen molar-refractivity contribution in [1.82, 2.24) is 0 Å². The Hall–Kier alpha value is -0.0800. The van der Waals surface area contributed by atoms with Crippen LogP contribution in [0.25, 0.3) is 0 Å². The topological polar surface area (TPSA) is 35.2 Å². The molecule has 2 N–H and O–H groups in total. The van der Waals surface area contributed by atoms with Crippen molar-refractivity contribution in [2.24, 2.45) is 11.8 Å². The molecule has 0 aromatic rings. The van der Waals surface area contributed by atoms with Crippen LogP contribution in [0.3, 0.4) is 0 Å². The van der Waals surface area contributed by atoms with Gasteiger partial charge in [0, 0.05) is 0 Å². The summed E-state index contributed by atoms with van der Waals surface area (Å²) in [6, 6.07) is 0. The Morgan fingerprint density at radius 2 is 2.00 bits per heavy atom. The van der Waals surface area contributed by atoms with E-state index in [9.17, 15) is 0 Å². The highest BCUT2D eigenvalue weighted by Crippen LogP contribution is 2.33. The molecule has 0 bridgehead atoms. The first kappa shape index (κ1) is 8.02. The minimum absolute atomic E-state index is 0.727. The molecule has 1 fully saturated rings. The third-order valence-corrected chi connectivity index (χ3v) is 2.07.